The molecule has 1 heterocycles. The van der Waals surface area contributed by atoms with Crippen molar-refractivity contribution in [2.45, 2.75) is 10.4 Å². The average Bonchev–Trinajstić information content (AvgIpc) is 2.28. The van der Waals surface area contributed by atoms with E-state index in [2.05, 4.69) is 5.32 Å². The van der Waals surface area contributed by atoms with Gasteiger partial charge in [-0.1, -0.05) is 0 Å². The van der Waals surface area contributed by atoms with Gasteiger partial charge in [0, 0.05) is 18.4 Å². The topological polar surface area (TPSA) is 29.1 Å². The number of carbonyl (C=O) groups excluding carboxylic acids is 1. The van der Waals surface area contributed by atoms with Crippen LogP contribution in [0, 0.1) is 11.8 Å². The number of hydrogen-bond donors (Lipinski definition) is 1. The SMILES string of the molecule is O=C[C@H]1NC[C@H]2[C@@H]1C2(Cl)Cl. The molecule has 0 aromatic carbocycles. The Hall–Kier alpha value is 0.210. The van der Waals surface area contributed by atoms with Gasteiger partial charge in [-0.05, 0) is 0 Å². The Morgan fingerprint density at radius 1 is 1.60 bits per heavy atom. The molecule has 2 fully saturated rings. The minimum Gasteiger partial charge on any atom is -0.307 e. The first kappa shape index (κ1) is 6.89. The van der Waals surface area contributed by atoms with Gasteiger partial charge in [-0.2, -0.15) is 0 Å². The van der Waals surface area contributed by atoms with Crippen LogP contribution in [0.2, 0.25) is 0 Å². The quantitative estimate of drug-likeness (QED) is 0.472. The number of aldehydes is 1. The third-order valence-electron chi connectivity index (χ3n) is 2.37. The molecule has 0 amide bonds. The van der Waals surface area contributed by atoms with Gasteiger partial charge in [-0.25, -0.2) is 0 Å². The van der Waals surface area contributed by atoms with Crippen molar-refractivity contribution in [3.8, 4) is 0 Å². The summed E-state index contributed by atoms with van der Waals surface area (Å²) in [6.07, 6.45) is 0.886. The molecule has 2 rings (SSSR count). The van der Waals surface area contributed by atoms with Crippen molar-refractivity contribution in [3.63, 3.8) is 0 Å². The van der Waals surface area contributed by atoms with E-state index < -0.39 is 4.33 Å². The summed E-state index contributed by atoms with van der Waals surface area (Å²) in [5, 5.41) is 3.02. The van der Waals surface area contributed by atoms with Crippen LogP contribution in [0.1, 0.15) is 0 Å². The number of nitrogens with one attached hydrogen (secondary N) is 1. The first-order chi connectivity index (χ1) is 4.68. The number of hydrogen-bond acceptors (Lipinski definition) is 2. The summed E-state index contributed by atoms with van der Waals surface area (Å²) in [5.41, 5.74) is 0. The highest BCUT2D eigenvalue weighted by Crippen LogP contribution is 2.62. The molecule has 1 N–H and O–H groups in total. The van der Waals surface area contributed by atoms with Crippen LogP contribution in [-0.2, 0) is 4.79 Å². The van der Waals surface area contributed by atoms with Crippen LogP contribution in [0.3, 0.4) is 0 Å². The lowest BCUT2D eigenvalue weighted by molar-refractivity contribution is -0.109. The summed E-state index contributed by atoms with van der Waals surface area (Å²) in [5.74, 6) is 0.458. The summed E-state index contributed by atoms with van der Waals surface area (Å²) in [7, 11) is 0. The van der Waals surface area contributed by atoms with Crippen molar-refractivity contribution in [3.05, 3.63) is 0 Å². The summed E-state index contributed by atoms with van der Waals surface area (Å²) in [6, 6.07) is -0.111. The summed E-state index contributed by atoms with van der Waals surface area (Å²) in [6.45, 7) is 0.779. The lowest BCUT2D eigenvalue weighted by atomic mass is 10.2. The zero-order chi connectivity index (χ0) is 7.35. The van der Waals surface area contributed by atoms with Gasteiger partial charge in [0.1, 0.15) is 10.6 Å². The molecule has 4 heteroatoms. The van der Waals surface area contributed by atoms with Crippen molar-refractivity contribution >= 4 is 29.5 Å². The number of piperidine rings is 1. The van der Waals surface area contributed by atoms with Gasteiger partial charge >= 0.3 is 0 Å². The molecule has 0 spiro atoms. The molecule has 1 saturated carbocycles. The summed E-state index contributed by atoms with van der Waals surface area (Å²) >= 11 is 11.7. The van der Waals surface area contributed by atoms with Gasteiger partial charge in [-0.3, -0.25) is 0 Å². The molecule has 10 heavy (non-hydrogen) atoms. The lowest BCUT2D eigenvalue weighted by Gasteiger charge is -2.09. The smallest absolute Gasteiger partial charge is 0.137 e. The normalized spacial score (nSPS) is 48.4. The second-order valence-corrected chi connectivity index (χ2v) is 4.32. The Morgan fingerprint density at radius 3 is 2.60 bits per heavy atom. The highest BCUT2D eigenvalue weighted by Gasteiger charge is 2.69. The molecule has 0 aromatic heterocycles. The molecule has 1 aliphatic carbocycles. The van der Waals surface area contributed by atoms with Crippen LogP contribution < -0.4 is 5.32 Å². The summed E-state index contributed by atoms with van der Waals surface area (Å²) < 4.78 is -0.614. The lowest BCUT2D eigenvalue weighted by Crippen LogP contribution is -2.31. The minimum absolute atomic E-state index is 0.111. The van der Waals surface area contributed by atoms with Gasteiger partial charge in [0.05, 0.1) is 6.04 Å². The molecule has 0 bridgehead atoms. The molecule has 1 saturated heterocycles. The Labute approximate surface area is 68.9 Å². The molecule has 56 valence electrons. The summed E-state index contributed by atoms with van der Waals surface area (Å²) in [4.78, 5) is 10.4. The molecule has 3 atom stereocenters. The molecule has 0 radical (unpaired) electrons. The predicted octanol–water partition coefficient (Wildman–Crippen LogP) is 0.577. The van der Waals surface area contributed by atoms with Crippen LogP contribution in [0.25, 0.3) is 0 Å². The molecule has 2 nitrogen and oxygen atoms in total. The molecule has 0 aromatic rings. The maximum atomic E-state index is 10.4. The third-order valence-corrected chi connectivity index (χ3v) is 3.43. The van der Waals surface area contributed by atoms with Crippen LogP contribution >= 0.6 is 23.2 Å². The standard InChI is InChI=1S/C6H7Cl2NO/c7-6(8)3-1-9-4(2-10)5(3)6/h2-5,9H,1H2/t3-,4+,5-/m0/s1. The second kappa shape index (κ2) is 1.87. The van der Waals surface area contributed by atoms with Gasteiger partial charge in [0.15, 0.2) is 0 Å². The largest absolute Gasteiger partial charge is 0.307 e. The van der Waals surface area contributed by atoms with Crippen molar-refractivity contribution in [2.24, 2.45) is 11.8 Å². The van der Waals surface area contributed by atoms with E-state index >= 15 is 0 Å². The third kappa shape index (κ3) is 0.672. The Morgan fingerprint density at radius 2 is 2.30 bits per heavy atom. The van der Waals surface area contributed by atoms with E-state index in [9.17, 15) is 4.79 Å². The van der Waals surface area contributed by atoms with Gasteiger partial charge in [0.25, 0.3) is 0 Å². The zero-order valence-corrected chi connectivity index (χ0v) is 6.69. The Kier molecular flexibility index (Phi) is 1.29. The predicted molar refractivity (Wildman–Crippen MR) is 39.3 cm³/mol. The van der Waals surface area contributed by atoms with Gasteiger partial charge in [-0.15, -0.1) is 23.2 Å². The first-order valence-electron chi connectivity index (χ1n) is 3.24. The number of alkyl halides is 2. The maximum Gasteiger partial charge on any atom is 0.137 e. The van der Waals surface area contributed by atoms with Crippen molar-refractivity contribution < 1.29 is 4.79 Å². The van der Waals surface area contributed by atoms with Crippen molar-refractivity contribution in [1.29, 1.82) is 0 Å². The van der Waals surface area contributed by atoms with E-state index in [1.54, 1.807) is 0 Å². The van der Waals surface area contributed by atoms with E-state index in [-0.39, 0.29) is 12.0 Å². The highest BCUT2D eigenvalue weighted by molar-refractivity contribution is 6.51. The Balaban J connectivity index is 2.13. The highest BCUT2D eigenvalue weighted by atomic mass is 35.5. The van der Waals surface area contributed by atoms with E-state index in [4.69, 9.17) is 23.2 Å². The van der Waals surface area contributed by atoms with Crippen molar-refractivity contribution in [2.75, 3.05) is 6.54 Å². The van der Waals surface area contributed by atoms with Crippen LogP contribution in [0.15, 0.2) is 0 Å². The fourth-order valence-corrected chi connectivity index (χ4v) is 2.57. The Bertz CT molecular complexity index is 183. The molecule has 1 aliphatic heterocycles. The van der Waals surface area contributed by atoms with Crippen LogP contribution in [0.4, 0.5) is 0 Å². The number of halogens is 2. The number of fused-ring (bicyclic) bond motifs is 1. The molecule has 0 unspecified atom stereocenters. The maximum absolute atomic E-state index is 10.4. The monoisotopic (exact) mass is 179 g/mol. The fourth-order valence-electron chi connectivity index (χ4n) is 1.69. The van der Waals surface area contributed by atoms with Crippen LogP contribution in [-0.4, -0.2) is 23.2 Å². The molecule has 2 aliphatic rings. The molecular formula is C6H7Cl2NO. The zero-order valence-electron chi connectivity index (χ0n) is 5.18. The number of carbonyl (C=O) groups is 1. The average molecular weight is 180 g/mol. The van der Waals surface area contributed by atoms with Gasteiger partial charge < -0.3 is 10.1 Å². The van der Waals surface area contributed by atoms with E-state index in [0.717, 1.165) is 12.8 Å². The first-order valence-corrected chi connectivity index (χ1v) is 4.00. The number of rotatable bonds is 1. The van der Waals surface area contributed by atoms with E-state index in [1.165, 1.54) is 0 Å². The minimum atomic E-state index is -0.614. The molecular weight excluding hydrogens is 173 g/mol. The van der Waals surface area contributed by atoms with E-state index in [1.807, 2.05) is 0 Å². The van der Waals surface area contributed by atoms with E-state index in [0.29, 0.717) is 5.92 Å². The van der Waals surface area contributed by atoms with Crippen molar-refractivity contribution in [1.82, 2.24) is 5.32 Å². The second-order valence-electron chi connectivity index (χ2n) is 2.88. The van der Waals surface area contributed by atoms with Crippen LogP contribution in [0.5, 0.6) is 0 Å². The fraction of sp³-hybridized carbons (Fsp3) is 0.833. The van der Waals surface area contributed by atoms with Gasteiger partial charge in [0.2, 0.25) is 0 Å².